The lowest BCUT2D eigenvalue weighted by molar-refractivity contribution is 0.341. The maximum atomic E-state index is 11.9. The van der Waals surface area contributed by atoms with E-state index in [4.69, 9.17) is 4.74 Å². The molecule has 0 saturated heterocycles. The third kappa shape index (κ3) is 4.55. The number of ether oxygens (including phenoxy) is 1. The molecule has 0 aliphatic rings. The van der Waals surface area contributed by atoms with Gasteiger partial charge in [-0.1, -0.05) is 24.3 Å². The third-order valence-electron chi connectivity index (χ3n) is 2.51. The molecule has 0 bridgehead atoms. The summed E-state index contributed by atoms with van der Waals surface area (Å²) in [5.41, 5.74) is 0.755. The van der Waals surface area contributed by atoms with E-state index in [1.54, 1.807) is 37.3 Å². The van der Waals surface area contributed by atoms with E-state index < -0.39 is 10.0 Å². The number of hydrogen-bond donors (Lipinski definition) is 1. The van der Waals surface area contributed by atoms with E-state index in [-0.39, 0.29) is 12.4 Å². The van der Waals surface area contributed by atoms with Crippen molar-refractivity contribution in [2.24, 2.45) is 0 Å². The molecule has 0 fully saturated rings. The largest absolute Gasteiger partial charge is 0.492 e. The van der Waals surface area contributed by atoms with Crippen LogP contribution in [-0.2, 0) is 10.0 Å². The summed E-state index contributed by atoms with van der Waals surface area (Å²) in [6, 6.07) is 14.3. The molecule has 1 N–H and O–H groups in total. The summed E-state index contributed by atoms with van der Waals surface area (Å²) in [4.78, 5) is 4.09. The first kappa shape index (κ1) is 14.3. The Morgan fingerprint density at radius 1 is 1.10 bits per heavy atom. The average molecular weight is 292 g/mol. The Balaban J connectivity index is 1.88. The number of para-hydroxylation sites is 1. The van der Waals surface area contributed by atoms with Gasteiger partial charge in [-0.3, -0.25) is 4.72 Å². The second-order valence-electron chi connectivity index (χ2n) is 4.25. The van der Waals surface area contributed by atoms with Gasteiger partial charge in [-0.05, 0) is 31.2 Å². The first-order chi connectivity index (χ1) is 9.55. The van der Waals surface area contributed by atoms with Gasteiger partial charge < -0.3 is 4.74 Å². The van der Waals surface area contributed by atoms with Crippen LogP contribution in [0.4, 0.5) is 5.82 Å². The third-order valence-corrected chi connectivity index (χ3v) is 3.74. The van der Waals surface area contributed by atoms with Crippen molar-refractivity contribution in [2.75, 3.05) is 17.1 Å². The van der Waals surface area contributed by atoms with Gasteiger partial charge in [0.25, 0.3) is 0 Å². The molecule has 2 aromatic rings. The molecule has 0 radical (unpaired) electrons. The number of aryl methyl sites for hydroxylation is 1. The van der Waals surface area contributed by atoms with E-state index in [2.05, 4.69) is 9.71 Å². The Labute approximate surface area is 118 Å². The fourth-order valence-corrected chi connectivity index (χ4v) is 2.43. The van der Waals surface area contributed by atoms with Gasteiger partial charge in [0.15, 0.2) is 0 Å². The second kappa shape index (κ2) is 6.38. The minimum absolute atomic E-state index is 0.0885. The Morgan fingerprint density at radius 2 is 1.85 bits per heavy atom. The van der Waals surface area contributed by atoms with Crippen molar-refractivity contribution in [3.63, 3.8) is 0 Å². The lowest BCUT2D eigenvalue weighted by atomic mass is 10.3. The topological polar surface area (TPSA) is 68.3 Å². The van der Waals surface area contributed by atoms with Gasteiger partial charge >= 0.3 is 0 Å². The molecule has 0 spiro atoms. The Kier molecular flexibility index (Phi) is 4.57. The molecule has 0 amide bonds. The van der Waals surface area contributed by atoms with Crippen molar-refractivity contribution in [3.05, 3.63) is 54.2 Å². The zero-order valence-corrected chi connectivity index (χ0v) is 11.9. The van der Waals surface area contributed by atoms with Gasteiger partial charge in [0.1, 0.15) is 23.9 Å². The van der Waals surface area contributed by atoms with Crippen molar-refractivity contribution >= 4 is 15.8 Å². The maximum absolute atomic E-state index is 11.9. The molecule has 20 heavy (non-hydrogen) atoms. The molecule has 106 valence electrons. The number of pyridine rings is 1. The van der Waals surface area contributed by atoms with Crippen LogP contribution < -0.4 is 9.46 Å². The van der Waals surface area contributed by atoms with Gasteiger partial charge in [-0.25, -0.2) is 13.4 Å². The van der Waals surface area contributed by atoms with Crippen molar-refractivity contribution in [1.29, 1.82) is 0 Å². The van der Waals surface area contributed by atoms with Crippen LogP contribution in [0.15, 0.2) is 48.5 Å². The molecule has 6 heteroatoms. The zero-order valence-electron chi connectivity index (χ0n) is 11.1. The van der Waals surface area contributed by atoms with Gasteiger partial charge in [0.2, 0.25) is 10.0 Å². The van der Waals surface area contributed by atoms with Crippen LogP contribution in [-0.4, -0.2) is 25.8 Å². The standard InChI is InChI=1S/C14H16N2O3S/c1-12-6-5-9-14(15-12)16-20(17,18)11-10-19-13-7-3-2-4-8-13/h2-9H,10-11H2,1H3,(H,15,16). The number of anilines is 1. The molecule has 0 atom stereocenters. The molecular weight excluding hydrogens is 276 g/mol. The van der Waals surface area contributed by atoms with Crippen LogP contribution in [0.2, 0.25) is 0 Å². The monoisotopic (exact) mass is 292 g/mol. The van der Waals surface area contributed by atoms with Crippen LogP contribution >= 0.6 is 0 Å². The van der Waals surface area contributed by atoms with Gasteiger partial charge in [0.05, 0.1) is 0 Å². The summed E-state index contributed by atoms with van der Waals surface area (Å²) in [6.07, 6.45) is 0. The number of benzene rings is 1. The van der Waals surface area contributed by atoms with Crippen molar-refractivity contribution in [2.45, 2.75) is 6.92 Å². The number of rotatable bonds is 6. The van der Waals surface area contributed by atoms with Crippen LogP contribution in [0.1, 0.15) is 5.69 Å². The predicted molar refractivity (Wildman–Crippen MR) is 78.3 cm³/mol. The SMILES string of the molecule is Cc1cccc(NS(=O)(=O)CCOc2ccccc2)n1. The summed E-state index contributed by atoms with van der Waals surface area (Å²) in [6.45, 7) is 1.89. The predicted octanol–water partition coefficient (Wildman–Crippen LogP) is 2.21. The van der Waals surface area contributed by atoms with Crippen LogP contribution in [0, 0.1) is 6.92 Å². The van der Waals surface area contributed by atoms with Gasteiger partial charge in [-0.2, -0.15) is 0 Å². The second-order valence-corrected chi connectivity index (χ2v) is 6.09. The van der Waals surface area contributed by atoms with Crippen molar-refractivity contribution in [3.8, 4) is 5.75 Å². The lowest BCUT2D eigenvalue weighted by Gasteiger charge is -2.09. The highest BCUT2D eigenvalue weighted by Gasteiger charge is 2.11. The van der Waals surface area contributed by atoms with E-state index in [1.165, 1.54) is 0 Å². The van der Waals surface area contributed by atoms with E-state index in [0.29, 0.717) is 11.6 Å². The van der Waals surface area contributed by atoms with Crippen molar-refractivity contribution in [1.82, 2.24) is 4.98 Å². The van der Waals surface area contributed by atoms with E-state index >= 15 is 0 Å². The summed E-state index contributed by atoms with van der Waals surface area (Å²) < 4.78 is 31.5. The quantitative estimate of drug-likeness (QED) is 0.886. The molecule has 5 nitrogen and oxygen atoms in total. The molecule has 0 aliphatic heterocycles. The van der Waals surface area contributed by atoms with Crippen molar-refractivity contribution < 1.29 is 13.2 Å². The van der Waals surface area contributed by atoms with Gasteiger partial charge in [-0.15, -0.1) is 0 Å². The number of sulfonamides is 1. The average Bonchev–Trinajstić information content (AvgIpc) is 2.39. The molecule has 1 aromatic heterocycles. The summed E-state index contributed by atoms with van der Waals surface area (Å²) in [5.74, 6) is 0.846. The fraction of sp³-hybridized carbons (Fsp3) is 0.214. The summed E-state index contributed by atoms with van der Waals surface area (Å²) >= 11 is 0. The number of hydrogen-bond acceptors (Lipinski definition) is 4. The molecule has 1 aromatic carbocycles. The summed E-state index contributed by atoms with van der Waals surface area (Å²) in [5, 5.41) is 0. The highest BCUT2D eigenvalue weighted by Crippen LogP contribution is 2.09. The number of aromatic nitrogens is 1. The Bertz CT molecular complexity index is 657. The normalized spacial score (nSPS) is 11.1. The van der Waals surface area contributed by atoms with Gasteiger partial charge in [0, 0.05) is 5.69 Å². The van der Waals surface area contributed by atoms with Crippen LogP contribution in [0.3, 0.4) is 0 Å². The highest BCUT2D eigenvalue weighted by atomic mass is 32.2. The summed E-state index contributed by atoms with van der Waals surface area (Å²) in [7, 11) is -3.46. The van der Waals surface area contributed by atoms with Crippen LogP contribution in [0.25, 0.3) is 0 Å². The van der Waals surface area contributed by atoms with Crippen LogP contribution in [0.5, 0.6) is 5.75 Å². The highest BCUT2D eigenvalue weighted by molar-refractivity contribution is 7.92. The minimum Gasteiger partial charge on any atom is -0.492 e. The Hall–Kier alpha value is -2.08. The smallest absolute Gasteiger partial charge is 0.237 e. The molecule has 0 unspecified atom stereocenters. The molecule has 0 aliphatic carbocycles. The molecule has 1 heterocycles. The molecule has 0 saturated carbocycles. The minimum atomic E-state index is -3.46. The van der Waals surface area contributed by atoms with E-state index in [1.807, 2.05) is 18.2 Å². The molecular formula is C14H16N2O3S. The van der Waals surface area contributed by atoms with E-state index in [0.717, 1.165) is 5.69 Å². The Morgan fingerprint density at radius 3 is 2.55 bits per heavy atom. The first-order valence-corrected chi connectivity index (χ1v) is 7.82. The number of nitrogens with one attached hydrogen (secondary N) is 1. The fourth-order valence-electron chi connectivity index (χ4n) is 1.60. The molecule has 2 rings (SSSR count). The lowest BCUT2D eigenvalue weighted by Crippen LogP contribution is -2.21. The maximum Gasteiger partial charge on any atom is 0.237 e. The number of nitrogens with zero attached hydrogens (tertiary/aromatic N) is 1. The zero-order chi connectivity index (χ0) is 14.4. The first-order valence-electron chi connectivity index (χ1n) is 6.17. The van der Waals surface area contributed by atoms with E-state index in [9.17, 15) is 8.42 Å².